The average molecular weight is 583 g/mol. The third-order valence-electron chi connectivity index (χ3n) is 10.3. The lowest BCUT2D eigenvalue weighted by Gasteiger charge is -2.45. The van der Waals surface area contributed by atoms with E-state index < -0.39 is 6.67 Å². The number of H-pyrrole nitrogens is 1. The Labute approximate surface area is 250 Å². The number of amides is 1. The van der Waals surface area contributed by atoms with E-state index in [9.17, 15) is 14.0 Å². The van der Waals surface area contributed by atoms with Gasteiger partial charge in [-0.3, -0.25) is 19.1 Å². The van der Waals surface area contributed by atoms with Gasteiger partial charge in [0.05, 0.1) is 12.4 Å². The van der Waals surface area contributed by atoms with Crippen molar-refractivity contribution in [3.05, 3.63) is 70.3 Å². The third kappa shape index (κ3) is 5.27. The number of hydrogen-bond acceptors (Lipinski definition) is 5. The van der Waals surface area contributed by atoms with Crippen molar-refractivity contribution in [2.45, 2.75) is 76.7 Å². The Balaban J connectivity index is 1.17. The number of likely N-dealkylation sites (tertiary alicyclic amines) is 1. The van der Waals surface area contributed by atoms with Crippen molar-refractivity contribution in [1.29, 1.82) is 0 Å². The normalized spacial score (nSPS) is 24.4. The standard InChI is InChI=1S/C34H39FN6O2/c1-21-27(19-35)20-40(21)34(43)30-31(32-36-15-4-16-37-32)39-41-29(42)18-28(38-33(30)41)26-13-11-25(12-14-26)24-9-7-23(8-10-24)17-22-5-2-3-6-22/h4,11-16,18,21-24,27,39H,2-3,5-10,17,19-20H2,1H3/t21-,23?,24?,27-/m0/s1. The van der Waals surface area contributed by atoms with Crippen LogP contribution in [0.5, 0.6) is 0 Å². The smallest absolute Gasteiger partial charge is 0.273 e. The van der Waals surface area contributed by atoms with Gasteiger partial charge in [-0.2, -0.15) is 0 Å². The van der Waals surface area contributed by atoms with Crippen LogP contribution >= 0.6 is 0 Å². The fourth-order valence-corrected chi connectivity index (χ4v) is 7.63. The molecule has 1 aromatic carbocycles. The molecule has 3 aromatic heterocycles. The predicted molar refractivity (Wildman–Crippen MR) is 164 cm³/mol. The summed E-state index contributed by atoms with van der Waals surface area (Å²) in [6, 6.07) is 11.3. The van der Waals surface area contributed by atoms with Crippen molar-refractivity contribution in [1.82, 2.24) is 29.5 Å². The van der Waals surface area contributed by atoms with E-state index in [4.69, 9.17) is 4.98 Å². The number of hydrogen-bond donors (Lipinski definition) is 1. The molecule has 43 heavy (non-hydrogen) atoms. The minimum Gasteiger partial charge on any atom is -0.335 e. The van der Waals surface area contributed by atoms with Crippen LogP contribution in [0.15, 0.2) is 53.6 Å². The highest BCUT2D eigenvalue weighted by Gasteiger charge is 2.41. The molecule has 1 aliphatic heterocycles. The minimum atomic E-state index is -0.479. The Morgan fingerprint density at radius 2 is 1.70 bits per heavy atom. The van der Waals surface area contributed by atoms with Crippen molar-refractivity contribution < 1.29 is 9.18 Å². The molecule has 1 N–H and O–H groups in total. The zero-order chi connectivity index (χ0) is 29.5. The number of halogens is 1. The molecule has 4 aromatic rings. The fraction of sp³-hybridized carbons (Fsp3) is 0.500. The molecule has 1 amide bonds. The summed E-state index contributed by atoms with van der Waals surface area (Å²) >= 11 is 0. The Morgan fingerprint density at radius 1 is 1.00 bits per heavy atom. The van der Waals surface area contributed by atoms with Gasteiger partial charge < -0.3 is 4.90 Å². The maximum absolute atomic E-state index is 13.8. The van der Waals surface area contributed by atoms with Crippen molar-refractivity contribution in [2.75, 3.05) is 13.2 Å². The Bertz CT molecular complexity index is 1650. The van der Waals surface area contributed by atoms with Crippen LogP contribution in [-0.2, 0) is 0 Å². The van der Waals surface area contributed by atoms with Gasteiger partial charge in [0.25, 0.3) is 11.5 Å². The van der Waals surface area contributed by atoms with E-state index >= 15 is 0 Å². The molecule has 2 atom stereocenters. The molecule has 3 aliphatic rings. The van der Waals surface area contributed by atoms with Gasteiger partial charge in [0, 0.05) is 42.5 Å². The molecule has 2 aliphatic carbocycles. The van der Waals surface area contributed by atoms with Gasteiger partial charge in [0.1, 0.15) is 11.3 Å². The third-order valence-corrected chi connectivity index (χ3v) is 10.3. The molecule has 8 nitrogen and oxygen atoms in total. The topological polar surface area (TPSA) is 96.3 Å². The summed E-state index contributed by atoms with van der Waals surface area (Å²) < 4.78 is 14.7. The molecule has 3 fully saturated rings. The maximum atomic E-state index is 13.8. The summed E-state index contributed by atoms with van der Waals surface area (Å²) in [4.78, 5) is 42.3. The Kier molecular flexibility index (Phi) is 7.57. The number of fused-ring (bicyclic) bond motifs is 1. The SMILES string of the molecule is C[C@H]1[C@@H](CF)CN1C(=O)c1c(-c2ncccn2)[nH]n2c(=O)cc(-c3ccc(C4CCC(CC5CCCC5)CC4)cc3)nc12. The van der Waals surface area contributed by atoms with Gasteiger partial charge >= 0.3 is 0 Å². The quantitative estimate of drug-likeness (QED) is 0.271. The summed E-state index contributed by atoms with van der Waals surface area (Å²) in [6.07, 6.45) is 15.4. The molecule has 0 spiro atoms. The number of carbonyl (C=O) groups is 1. The molecule has 9 heteroatoms. The van der Waals surface area contributed by atoms with Gasteiger partial charge in [-0.1, -0.05) is 49.9 Å². The van der Waals surface area contributed by atoms with Crippen LogP contribution in [0.3, 0.4) is 0 Å². The summed E-state index contributed by atoms with van der Waals surface area (Å²) in [5, 5.41) is 3.02. The predicted octanol–water partition coefficient (Wildman–Crippen LogP) is 6.43. The molecule has 2 saturated carbocycles. The Morgan fingerprint density at radius 3 is 2.37 bits per heavy atom. The molecular weight excluding hydrogens is 543 g/mol. The van der Waals surface area contributed by atoms with E-state index in [0.717, 1.165) is 17.4 Å². The van der Waals surface area contributed by atoms with Gasteiger partial charge in [-0.25, -0.2) is 19.5 Å². The van der Waals surface area contributed by atoms with Crippen LogP contribution in [0.4, 0.5) is 4.39 Å². The van der Waals surface area contributed by atoms with Crippen molar-refractivity contribution in [3.63, 3.8) is 0 Å². The lowest BCUT2D eigenvalue weighted by atomic mass is 9.75. The highest BCUT2D eigenvalue weighted by molar-refractivity contribution is 6.05. The fourth-order valence-electron chi connectivity index (χ4n) is 7.63. The van der Waals surface area contributed by atoms with Crippen LogP contribution < -0.4 is 5.56 Å². The summed E-state index contributed by atoms with van der Waals surface area (Å²) in [7, 11) is 0. The van der Waals surface area contributed by atoms with E-state index in [1.165, 1.54) is 73.9 Å². The highest BCUT2D eigenvalue weighted by atomic mass is 19.1. The number of carbonyl (C=O) groups excluding carboxylic acids is 1. The number of benzene rings is 1. The first kappa shape index (κ1) is 27.9. The van der Waals surface area contributed by atoms with E-state index in [-0.39, 0.29) is 40.5 Å². The first-order valence-corrected chi connectivity index (χ1v) is 15.9. The number of rotatable bonds is 7. The molecule has 0 unspecified atom stereocenters. The van der Waals surface area contributed by atoms with Crippen molar-refractivity contribution >= 4 is 11.6 Å². The molecule has 224 valence electrons. The Hall–Kier alpha value is -3.88. The van der Waals surface area contributed by atoms with Crippen LogP contribution in [0, 0.1) is 17.8 Å². The molecule has 0 radical (unpaired) electrons. The largest absolute Gasteiger partial charge is 0.335 e. The van der Waals surface area contributed by atoms with Crippen LogP contribution in [0.25, 0.3) is 28.4 Å². The monoisotopic (exact) mass is 582 g/mol. The van der Waals surface area contributed by atoms with Gasteiger partial charge in [-0.05, 0) is 68.4 Å². The zero-order valence-corrected chi connectivity index (χ0v) is 24.7. The van der Waals surface area contributed by atoms with Gasteiger partial charge in [-0.15, -0.1) is 0 Å². The second-order valence-electron chi connectivity index (χ2n) is 12.9. The first-order valence-electron chi connectivity index (χ1n) is 15.9. The molecule has 0 bridgehead atoms. The van der Waals surface area contributed by atoms with Crippen LogP contribution in [0.1, 0.15) is 86.6 Å². The zero-order valence-electron chi connectivity index (χ0n) is 24.7. The van der Waals surface area contributed by atoms with Crippen LogP contribution in [0.2, 0.25) is 0 Å². The van der Waals surface area contributed by atoms with Gasteiger partial charge in [0.15, 0.2) is 11.5 Å². The lowest BCUT2D eigenvalue weighted by molar-refractivity contribution is 0.0142. The van der Waals surface area contributed by atoms with E-state index in [2.05, 4.69) is 27.2 Å². The van der Waals surface area contributed by atoms with E-state index in [0.29, 0.717) is 23.9 Å². The highest BCUT2D eigenvalue weighted by Crippen LogP contribution is 2.41. The molecular formula is C34H39FN6O2. The summed E-state index contributed by atoms with van der Waals surface area (Å²) in [5.41, 5.74) is 3.10. The van der Waals surface area contributed by atoms with Crippen LogP contribution in [-0.4, -0.2) is 54.6 Å². The second-order valence-corrected chi connectivity index (χ2v) is 12.9. The number of nitrogens with one attached hydrogen (secondary N) is 1. The van der Waals surface area contributed by atoms with E-state index in [1.54, 1.807) is 23.4 Å². The molecule has 1 saturated heterocycles. The summed E-state index contributed by atoms with van der Waals surface area (Å²) in [6.45, 7) is 1.68. The summed E-state index contributed by atoms with van der Waals surface area (Å²) in [5.74, 6) is 2.19. The number of aromatic amines is 1. The van der Waals surface area contributed by atoms with Crippen molar-refractivity contribution in [2.24, 2.45) is 17.8 Å². The number of aromatic nitrogens is 5. The number of alkyl halides is 1. The van der Waals surface area contributed by atoms with Gasteiger partial charge in [0.2, 0.25) is 0 Å². The number of nitrogens with zero attached hydrogens (tertiary/aromatic N) is 5. The average Bonchev–Trinajstić information content (AvgIpc) is 3.70. The first-order chi connectivity index (χ1) is 21.0. The maximum Gasteiger partial charge on any atom is 0.273 e. The van der Waals surface area contributed by atoms with Crippen molar-refractivity contribution in [3.8, 4) is 22.8 Å². The second kappa shape index (κ2) is 11.7. The molecule has 7 rings (SSSR count). The lowest BCUT2D eigenvalue weighted by Crippen LogP contribution is -2.58. The minimum absolute atomic E-state index is 0.197. The molecule has 4 heterocycles. The van der Waals surface area contributed by atoms with E-state index in [1.807, 2.05) is 19.1 Å².